The van der Waals surface area contributed by atoms with Gasteiger partial charge in [0.1, 0.15) is 5.69 Å². The van der Waals surface area contributed by atoms with E-state index in [4.69, 9.17) is 23.3 Å². The fourth-order valence-electron chi connectivity index (χ4n) is 2.05. The standard InChI is InChI=1S/C17H16N2O5/c1-20-14-6-5-12(8-16(14)21-2)10-18-23-11-13-9-17(24-19-13)15-4-3-7-22-15/h3-10H,11H2,1-2H3/b18-10-. The quantitative estimate of drug-likeness (QED) is 0.488. The molecule has 7 nitrogen and oxygen atoms in total. The number of furan rings is 1. The van der Waals surface area contributed by atoms with Crippen LogP contribution in [0.4, 0.5) is 0 Å². The molecule has 0 radical (unpaired) electrons. The van der Waals surface area contributed by atoms with Crippen molar-refractivity contribution < 1.29 is 23.3 Å². The highest BCUT2D eigenvalue weighted by Gasteiger charge is 2.09. The molecule has 0 atom stereocenters. The van der Waals surface area contributed by atoms with Gasteiger partial charge < -0.3 is 23.3 Å². The fraction of sp³-hybridized carbons (Fsp3) is 0.176. The zero-order valence-corrected chi connectivity index (χ0v) is 13.3. The predicted molar refractivity (Wildman–Crippen MR) is 86.1 cm³/mol. The lowest BCUT2D eigenvalue weighted by atomic mass is 10.2. The van der Waals surface area contributed by atoms with E-state index in [1.54, 1.807) is 57.0 Å². The van der Waals surface area contributed by atoms with E-state index in [0.717, 1.165) is 5.56 Å². The number of hydrogen-bond acceptors (Lipinski definition) is 7. The highest BCUT2D eigenvalue weighted by atomic mass is 16.6. The summed E-state index contributed by atoms with van der Waals surface area (Å²) in [7, 11) is 3.17. The molecule has 1 aromatic carbocycles. The molecule has 7 heteroatoms. The first-order valence-corrected chi connectivity index (χ1v) is 7.17. The van der Waals surface area contributed by atoms with E-state index < -0.39 is 0 Å². The van der Waals surface area contributed by atoms with Gasteiger partial charge in [0.05, 0.1) is 26.7 Å². The fourth-order valence-corrected chi connectivity index (χ4v) is 2.05. The summed E-state index contributed by atoms with van der Waals surface area (Å²) in [6, 6.07) is 10.8. The first-order valence-electron chi connectivity index (χ1n) is 7.17. The van der Waals surface area contributed by atoms with Gasteiger partial charge in [0.2, 0.25) is 5.76 Å². The third-order valence-electron chi connectivity index (χ3n) is 3.22. The minimum atomic E-state index is 0.188. The highest BCUT2D eigenvalue weighted by Crippen LogP contribution is 2.27. The number of hydrogen-bond donors (Lipinski definition) is 0. The van der Waals surface area contributed by atoms with Gasteiger partial charge in [-0.15, -0.1) is 0 Å². The Hall–Kier alpha value is -3.22. The van der Waals surface area contributed by atoms with Gasteiger partial charge in [0.25, 0.3) is 0 Å². The second-order valence-corrected chi connectivity index (χ2v) is 4.78. The number of oxime groups is 1. The van der Waals surface area contributed by atoms with Gasteiger partial charge in [-0.05, 0) is 30.3 Å². The zero-order chi connectivity index (χ0) is 16.8. The van der Waals surface area contributed by atoms with Crippen molar-refractivity contribution in [3.05, 3.63) is 53.9 Å². The van der Waals surface area contributed by atoms with E-state index in [1.165, 1.54) is 0 Å². The zero-order valence-electron chi connectivity index (χ0n) is 13.3. The molecule has 0 amide bonds. The molecule has 0 saturated carbocycles. The number of rotatable bonds is 7. The van der Waals surface area contributed by atoms with Crippen LogP contribution in [0.15, 0.2) is 56.8 Å². The summed E-state index contributed by atoms with van der Waals surface area (Å²) in [4.78, 5) is 5.23. The number of methoxy groups -OCH3 is 2. The molecule has 0 bridgehead atoms. The predicted octanol–water partition coefficient (Wildman–Crippen LogP) is 3.50. The van der Waals surface area contributed by atoms with E-state index >= 15 is 0 Å². The highest BCUT2D eigenvalue weighted by molar-refractivity contribution is 5.80. The van der Waals surface area contributed by atoms with Crippen molar-refractivity contribution in [1.82, 2.24) is 5.16 Å². The summed E-state index contributed by atoms with van der Waals surface area (Å²) < 4.78 is 20.8. The van der Waals surface area contributed by atoms with Crippen molar-refractivity contribution in [2.24, 2.45) is 5.16 Å². The minimum Gasteiger partial charge on any atom is -0.493 e. The van der Waals surface area contributed by atoms with Crippen molar-refractivity contribution in [2.75, 3.05) is 14.2 Å². The Labute approximate surface area is 138 Å². The summed E-state index contributed by atoms with van der Waals surface area (Å²) in [6.07, 6.45) is 3.15. The molecule has 3 aromatic rings. The van der Waals surface area contributed by atoms with E-state index in [-0.39, 0.29) is 6.61 Å². The lowest BCUT2D eigenvalue weighted by molar-refractivity contribution is 0.126. The maximum absolute atomic E-state index is 5.23. The Balaban J connectivity index is 1.57. The molecule has 0 spiro atoms. The van der Waals surface area contributed by atoms with Crippen LogP contribution in [-0.2, 0) is 11.4 Å². The molecule has 2 heterocycles. The average molecular weight is 328 g/mol. The summed E-state index contributed by atoms with van der Waals surface area (Å²) in [5.41, 5.74) is 1.44. The third kappa shape index (κ3) is 3.57. The molecule has 0 aliphatic carbocycles. The molecule has 2 aromatic heterocycles. The molecular weight excluding hydrogens is 312 g/mol. The van der Waals surface area contributed by atoms with E-state index in [9.17, 15) is 0 Å². The Morgan fingerprint density at radius 3 is 2.71 bits per heavy atom. The molecular formula is C17H16N2O5. The van der Waals surface area contributed by atoms with Crippen molar-refractivity contribution in [3.8, 4) is 23.0 Å². The Morgan fingerprint density at radius 1 is 1.08 bits per heavy atom. The lowest BCUT2D eigenvalue weighted by Gasteiger charge is -2.07. The van der Waals surface area contributed by atoms with Gasteiger partial charge >= 0.3 is 0 Å². The van der Waals surface area contributed by atoms with Crippen molar-refractivity contribution in [1.29, 1.82) is 0 Å². The lowest BCUT2D eigenvalue weighted by Crippen LogP contribution is -1.92. The molecule has 0 fully saturated rings. The van der Waals surface area contributed by atoms with Crippen molar-refractivity contribution >= 4 is 6.21 Å². The van der Waals surface area contributed by atoms with Gasteiger partial charge in [-0.25, -0.2) is 0 Å². The summed E-state index contributed by atoms with van der Waals surface area (Å²) in [5, 5.41) is 7.81. The molecule has 0 unspecified atom stereocenters. The second-order valence-electron chi connectivity index (χ2n) is 4.78. The summed E-state index contributed by atoms with van der Waals surface area (Å²) >= 11 is 0. The van der Waals surface area contributed by atoms with E-state index in [1.807, 2.05) is 6.07 Å². The summed E-state index contributed by atoms with van der Waals surface area (Å²) in [6.45, 7) is 0.188. The van der Waals surface area contributed by atoms with Crippen LogP contribution in [0, 0.1) is 0 Å². The molecule has 24 heavy (non-hydrogen) atoms. The molecule has 0 aliphatic heterocycles. The van der Waals surface area contributed by atoms with Crippen LogP contribution in [0.1, 0.15) is 11.3 Å². The molecule has 0 saturated heterocycles. The Bertz CT molecular complexity index is 808. The van der Waals surface area contributed by atoms with Crippen molar-refractivity contribution in [2.45, 2.75) is 6.61 Å². The third-order valence-corrected chi connectivity index (χ3v) is 3.22. The number of benzene rings is 1. The van der Waals surface area contributed by atoms with Crippen LogP contribution in [0.25, 0.3) is 11.5 Å². The van der Waals surface area contributed by atoms with Crippen LogP contribution < -0.4 is 9.47 Å². The van der Waals surface area contributed by atoms with Gasteiger partial charge in [0, 0.05) is 11.6 Å². The monoisotopic (exact) mass is 328 g/mol. The Morgan fingerprint density at radius 2 is 1.96 bits per heavy atom. The van der Waals surface area contributed by atoms with Crippen LogP contribution in [0.5, 0.6) is 11.5 Å². The van der Waals surface area contributed by atoms with Gasteiger partial charge in [-0.3, -0.25) is 0 Å². The topological polar surface area (TPSA) is 79.2 Å². The largest absolute Gasteiger partial charge is 0.493 e. The molecule has 124 valence electrons. The summed E-state index contributed by atoms with van der Waals surface area (Å²) in [5.74, 6) is 2.44. The second kappa shape index (κ2) is 7.36. The minimum absolute atomic E-state index is 0.188. The van der Waals surface area contributed by atoms with Gasteiger partial charge in [0.15, 0.2) is 23.9 Å². The Kier molecular flexibility index (Phi) is 4.81. The normalized spacial score (nSPS) is 10.9. The van der Waals surface area contributed by atoms with Gasteiger partial charge in [-0.1, -0.05) is 10.3 Å². The average Bonchev–Trinajstić information content (AvgIpc) is 3.29. The number of ether oxygens (including phenoxy) is 2. The van der Waals surface area contributed by atoms with Crippen LogP contribution in [0.3, 0.4) is 0 Å². The SMILES string of the molecule is COc1ccc(/C=N\OCc2cc(-c3ccco3)on2)cc1OC. The van der Waals surface area contributed by atoms with Gasteiger partial charge in [-0.2, -0.15) is 0 Å². The van der Waals surface area contributed by atoms with Crippen LogP contribution >= 0.6 is 0 Å². The number of aromatic nitrogens is 1. The van der Waals surface area contributed by atoms with Crippen molar-refractivity contribution in [3.63, 3.8) is 0 Å². The first-order chi connectivity index (χ1) is 11.8. The number of nitrogens with zero attached hydrogens (tertiary/aromatic N) is 2. The van der Waals surface area contributed by atoms with E-state index in [2.05, 4.69) is 10.3 Å². The molecule has 3 rings (SSSR count). The van der Waals surface area contributed by atoms with Crippen LogP contribution in [-0.4, -0.2) is 25.6 Å². The maximum Gasteiger partial charge on any atom is 0.202 e. The molecule has 0 N–H and O–H groups in total. The molecule has 0 aliphatic rings. The maximum atomic E-state index is 5.23. The van der Waals surface area contributed by atoms with Crippen LogP contribution in [0.2, 0.25) is 0 Å². The first kappa shape index (κ1) is 15.7. The van der Waals surface area contributed by atoms with E-state index in [0.29, 0.717) is 28.7 Å². The smallest absolute Gasteiger partial charge is 0.202 e.